The van der Waals surface area contributed by atoms with Crippen LogP contribution >= 0.6 is 0 Å². The Morgan fingerprint density at radius 2 is 2.00 bits per heavy atom. The number of hydrogen-bond acceptors (Lipinski definition) is 5. The molecule has 0 amide bonds. The average molecular weight is 227 g/mol. The highest BCUT2D eigenvalue weighted by atomic mass is 32.2. The molecule has 14 heavy (non-hydrogen) atoms. The van der Waals surface area contributed by atoms with E-state index in [-0.39, 0.29) is 6.54 Å². The van der Waals surface area contributed by atoms with E-state index in [9.17, 15) is 8.42 Å². The number of aliphatic hydroxyl groups is 1. The first-order valence-corrected chi connectivity index (χ1v) is 5.90. The van der Waals surface area contributed by atoms with Gasteiger partial charge in [-0.2, -0.15) is 13.9 Å². The van der Waals surface area contributed by atoms with Crippen LogP contribution in [0.5, 0.6) is 0 Å². The lowest BCUT2D eigenvalue weighted by molar-refractivity contribution is 0.00418. The lowest BCUT2D eigenvalue weighted by Gasteiger charge is -2.11. The van der Waals surface area contributed by atoms with E-state index in [1.54, 1.807) is 0 Å². The van der Waals surface area contributed by atoms with Gasteiger partial charge in [0.1, 0.15) is 5.75 Å². The van der Waals surface area contributed by atoms with Crippen molar-refractivity contribution in [3.8, 4) is 0 Å². The van der Waals surface area contributed by atoms with Gasteiger partial charge in [-0.1, -0.05) is 13.8 Å². The molecule has 0 saturated carbocycles. The summed E-state index contributed by atoms with van der Waals surface area (Å²) in [5.74, 6) is -0.341. The SMILES string of the molecule is CC(C)CONCC(O)CS(=O)(=O)O. The van der Waals surface area contributed by atoms with Gasteiger partial charge in [0.15, 0.2) is 0 Å². The second-order valence-corrected chi connectivity index (χ2v) is 4.95. The Morgan fingerprint density at radius 3 is 2.43 bits per heavy atom. The molecule has 7 heteroatoms. The number of rotatable bonds is 7. The molecule has 6 nitrogen and oxygen atoms in total. The quantitative estimate of drug-likeness (QED) is 0.306. The van der Waals surface area contributed by atoms with E-state index in [0.29, 0.717) is 12.5 Å². The molecule has 0 spiro atoms. The van der Waals surface area contributed by atoms with E-state index in [1.807, 2.05) is 13.8 Å². The summed E-state index contributed by atoms with van der Waals surface area (Å²) in [6.45, 7) is 4.34. The Morgan fingerprint density at radius 1 is 1.43 bits per heavy atom. The smallest absolute Gasteiger partial charge is 0.267 e. The molecule has 86 valence electrons. The van der Waals surface area contributed by atoms with Crippen LogP contribution < -0.4 is 5.48 Å². The molecular formula is C7H17NO5S. The zero-order chi connectivity index (χ0) is 11.2. The molecule has 3 N–H and O–H groups in total. The molecule has 0 heterocycles. The first kappa shape index (κ1) is 13.8. The van der Waals surface area contributed by atoms with Crippen LogP contribution in [0.3, 0.4) is 0 Å². The van der Waals surface area contributed by atoms with Crippen LogP contribution in [0.1, 0.15) is 13.8 Å². The molecule has 0 aliphatic carbocycles. The normalized spacial score (nSPS) is 14.6. The summed E-state index contributed by atoms with van der Waals surface area (Å²) in [4.78, 5) is 4.89. The van der Waals surface area contributed by atoms with Crippen LogP contribution in [0.15, 0.2) is 0 Å². The fourth-order valence-corrected chi connectivity index (χ4v) is 1.29. The first-order valence-electron chi connectivity index (χ1n) is 4.29. The molecule has 0 saturated heterocycles. The van der Waals surface area contributed by atoms with Crippen molar-refractivity contribution in [1.29, 1.82) is 0 Å². The monoisotopic (exact) mass is 227 g/mol. The third-order valence-electron chi connectivity index (χ3n) is 1.24. The summed E-state index contributed by atoms with van der Waals surface area (Å²) < 4.78 is 29.0. The molecule has 0 aromatic heterocycles. The standard InChI is InChI=1S/C7H17NO5S/c1-6(2)4-13-8-3-7(9)5-14(10,11)12/h6-9H,3-5H2,1-2H3,(H,10,11,12). The predicted octanol–water partition coefficient (Wildman–Crippen LogP) is -0.588. The minimum atomic E-state index is -4.12. The number of hydroxylamine groups is 1. The number of hydrogen-bond donors (Lipinski definition) is 3. The van der Waals surface area contributed by atoms with Crippen molar-refractivity contribution >= 4 is 10.1 Å². The van der Waals surface area contributed by atoms with E-state index in [1.165, 1.54) is 0 Å². The summed E-state index contributed by atoms with van der Waals surface area (Å²) in [5.41, 5.74) is 2.41. The highest BCUT2D eigenvalue weighted by Gasteiger charge is 2.13. The summed E-state index contributed by atoms with van der Waals surface area (Å²) in [6.07, 6.45) is -1.17. The first-order chi connectivity index (χ1) is 6.31. The van der Waals surface area contributed by atoms with E-state index < -0.39 is 22.0 Å². The zero-order valence-corrected chi connectivity index (χ0v) is 9.12. The zero-order valence-electron chi connectivity index (χ0n) is 8.30. The van der Waals surface area contributed by atoms with Gasteiger partial charge in [-0.05, 0) is 5.92 Å². The van der Waals surface area contributed by atoms with Crippen molar-refractivity contribution in [3.63, 3.8) is 0 Å². The predicted molar refractivity (Wildman–Crippen MR) is 51.2 cm³/mol. The van der Waals surface area contributed by atoms with E-state index >= 15 is 0 Å². The molecule has 0 radical (unpaired) electrons. The third-order valence-corrected chi connectivity index (χ3v) is 2.05. The molecule has 0 rings (SSSR count). The molecule has 0 bridgehead atoms. The summed E-state index contributed by atoms with van der Waals surface area (Å²) in [7, 11) is -4.12. The van der Waals surface area contributed by atoms with Crippen molar-refractivity contribution in [2.45, 2.75) is 20.0 Å². The molecule has 1 atom stereocenters. The van der Waals surface area contributed by atoms with E-state index in [4.69, 9.17) is 14.5 Å². The van der Waals surface area contributed by atoms with Crippen molar-refractivity contribution in [1.82, 2.24) is 5.48 Å². The fraction of sp³-hybridized carbons (Fsp3) is 1.00. The maximum Gasteiger partial charge on any atom is 0.267 e. The maximum absolute atomic E-state index is 10.3. The Kier molecular flexibility index (Phi) is 6.21. The van der Waals surface area contributed by atoms with Gasteiger partial charge in [0.2, 0.25) is 0 Å². The van der Waals surface area contributed by atoms with Gasteiger partial charge in [-0.3, -0.25) is 4.55 Å². The van der Waals surface area contributed by atoms with Crippen LogP contribution in [0.25, 0.3) is 0 Å². The minimum absolute atomic E-state index is 0.0352. The topological polar surface area (TPSA) is 95.9 Å². The Bertz CT molecular complexity index is 238. The van der Waals surface area contributed by atoms with Gasteiger partial charge in [-0.25, -0.2) is 0 Å². The van der Waals surface area contributed by atoms with Crippen LogP contribution in [0.2, 0.25) is 0 Å². The molecule has 1 unspecified atom stereocenters. The minimum Gasteiger partial charge on any atom is -0.391 e. The van der Waals surface area contributed by atoms with E-state index in [0.717, 1.165) is 0 Å². The van der Waals surface area contributed by atoms with E-state index in [2.05, 4.69) is 5.48 Å². The summed E-state index contributed by atoms with van der Waals surface area (Å²) >= 11 is 0. The second-order valence-electron chi connectivity index (χ2n) is 3.46. The highest BCUT2D eigenvalue weighted by molar-refractivity contribution is 7.85. The van der Waals surface area contributed by atoms with Gasteiger partial charge in [0.05, 0.1) is 12.7 Å². The number of nitrogens with one attached hydrogen (secondary N) is 1. The van der Waals surface area contributed by atoms with Crippen LogP contribution in [-0.2, 0) is 15.0 Å². The van der Waals surface area contributed by atoms with Crippen molar-refractivity contribution < 1.29 is 22.9 Å². The van der Waals surface area contributed by atoms with Gasteiger partial charge in [0, 0.05) is 6.54 Å². The van der Waals surface area contributed by atoms with Crippen LogP contribution in [0.4, 0.5) is 0 Å². The Hall–Kier alpha value is -0.210. The van der Waals surface area contributed by atoms with Gasteiger partial charge >= 0.3 is 0 Å². The average Bonchev–Trinajstić information content (AvgIpc) is 1.94. The Balaban J connectivity index is 3.50. The second kappa shape index (κ2) is 6.31. The van der Waals surface area contributed by atoms with Crippen LogP contribution in [0, 0.1) is 5.92 Å². The third kappa shape index (κ3) is 9.87. The van der Waals surface area contributed by atoms with Crippen molar-refractivity contribution in [2.75, 3.05) is 18.9 Å². The lowest BCUT2D eigenvalue weighted by atomic mass is 10.2. The molecule has 0 aromatic carbocycles. The van der Waals surface area contributed by atoms with Crippen LogP contribution in [-0.4, -0.2) is 43.1 Å². The fourth-order valence-electron chi connectivity index (χ4n) is 0.683. The molecule has 0 aromatic rings. The molecule has 0 aliphatic rings. The lowest BCUT2D eigenvalue weighted by Crippen LogP contribution is -2.33. The summed E-state index contributed by atoms with van der Waals surface area (Å²) in [6, 6.07) is 0. The van der Waals surface area contributed by atoms with Gasteiger partial charge in [0.25, 0.3) is 10.1 Å². The summed E-state index contributed by atoms with van der Waals surface area (Å²) in [5, 5.41) is 9.07. The van der Waals surface area contributed by atoms with Gasteiger partial charge in [-0.15, -0.1) is 0 Å². The largest absolute Gasteiger partial charge is 0.391 e. The highest BCUT2D eigenvalue weighted by Crippen LogP contribution is 1.91. The van der Waals surface area contributed by atoms with Gasteiger partial charge < -0.3 is 9.94 Å². The Labute approximate surface area is 84.0 Å². The van der Waals surface area contributed by atoms with Crippen molar-refractivity contribution in [2.24, 2.45) is 5.92 Å². The number of aliphatic hydroxyl groups excluding tert-OH is 1. The molecule has 0 fully saturated rings. The molecular weight excluding hydrogens is 210 g/mol. The van der Waals surface area contributed by atoms with Crippen molar-refractivity contribution in [3.05, 3.63) is 0 Å². The maximum atomic E-state index is 10.3. The molecule has 0 aliphatic heterocycles.